The standard InChI is InChI=1S/C43H26O/c1-25-32-19-18-31(33-20-15-29-14-13-27-9-5-10-28-16-21-35(33)42(29)41(27)28)23-37(32)34-11-6-12-38-43(34)40(25)36-22-17-30(24-39(36)44-38)26-7-3-2-4-8-26/h2-24H,1H3. The molecule has 1 aliphatic rings. The zero-order valence-electron chi connectivity index (χ0n) is 24.2. The van der Waals surface area contributed by atoms with Gasteiger partial charge in [0.1, 0.15) is 11.5 Å². The van der Waals surface area contributed by atoms with Crippen molar-refractivity contribution >= 4 is 53.9 Å². The molecule has 0 fully saturated rings. The van der Waals surface area contributed by atoms with Gasteiger partial charge in [0.15, 0.2) is 0 Å². The molecule has 9 aromatic rings. The summed E-state index contributed by atoms with van der Waals surface area (Å²) in [6, 6.07) is 51.0. The highest BCUT2D eigenvalue weighted by Crippen LogP contribution is 2.52. The van der Waals surface area contributed by atoms with Gasteiger partial charge in [-0.05, 0) is 107 Å². The van der Waals surface area contributed by atoms with Crippen molar-refractivity contribution in [2.75, 3.05) is 0 Å². The summed E-state index contributed by atoms with van der Waals surface area (Å²) in [6.07, 6.45) is 0. The highest BCUT2D eigenvalue weighted by molar-refractivity contribution is 6.26. The van der Waals surface area contributed by atoms with E-state index in [2.05, 4.69) is 146 Å². The maximum atomic E-state index is 6.65. The molecule has 0 N–H and O–H groups in total. The molecule has 0 aliphatic carbocycles. The molecule has 10 rings (SSSR count). The summed E-state index contributed by atoms with van der Waals surface area (Å²) >= 11 is 0. The lowest BCUT2D eigenvalue weighted by Crippen LogP contribution is -2.00. The van der Waals surface area contributed by atoms with E-state index in [9.17, 15) is 0 Å². The van der Waals surface area contributed by atoms with Gasteiger partial charge in [-0.25, -0.2) is 0 Å². The minimum absolute atomic E-state index is 0.916. The van der Waals surface area contributed by atoms with Gasteiger partial charge in [-0.2, -0.15) is 0 Å². The molecule has 44 heavy (non-hydrogen) atoms. The average molecular weight is 559 g/mol. The Morgan fingerprint density at radius 2 is 1.09 bits per heavy atom. The summed E-state index contributed by atoms with van der Waals surface area (Å²) in [5, 5.41) is 12.9. The number of hydrogen-bond donors (Lipinski definition) is 0. The van der Waals surface area contributed by atoms with E-state index in [1.807, 2.05) is 0 Å². The third kappa shape index (κ3) is 3.19. The fourth-order valence-electron chi connectivity index (χ4n) is 7.75. The fraction of sp³-hybridized carbons (Fsp3) is 0.0233. The quantitative estimate of drug-likeness (QED) is 0.192. The van der Waals surface area contributed by atoms with Gasteiger partial charge in [0.05, 0.1) is 0 Å². The van der Waals surface area contributed by atoms with Gasteiger partial charge in [-0.3, -0.25) is 0 Å². The van der Waals surface area contributed by atoms with Crippen LogP contribution in [0.4, 0.5) is 0 Å². The molecule has 1 nitrogen and oxygen atoms in total. The van der Waals surface area contributed by atoms with Gasteiger partial charge in [-0.15, -0.1) is 0 Å². The van der Waals surface area contributed by atoms with Gasteiger partial charge in [0.2, 0.25) is 0 Å². The number of ether oxygens (including phenoxy) is 1. The van der Waals surface area contributed by atoms with Crippen LogP contribution in [0.2, 0.25) is 0 Å². The van der Waals surface area contributed by atoms with Crippen LogP contribution in [0.15, 0.2) is 140 Å². The highest BCUT2D eigenvalue weighted by Gasteiger charge is 2.25. The van der Waals surface area contributed by atoms with E-state index >= 15 is 0 Å². The van der Waals surface area contributed by atoms with E-state index in [0.717, 1.165) is 22.6 Å². The van der Waals surface area contributed by atoms with Crippen LogP contribution in [0.1, 0.15) is 5.56 Å². The summed E-state index contributed by atoms with van der Waals surface area (Å²) in [5.41, 5.74) is 8.58. The van der Waals surface area contributed by atoms with E-state index in [4.69, 9.17) is 4.74 Å². The second-order valence-corrected chi connectivity index (χ2v) is 12.1. The van der Waals surface area contributed by atoms with Crippen molar-refractivity contribution < 1.29 is 4.74 Å². The molecule has 9 aromatic carbocycles. The van der Waals surface area contributed by atoms with Crippen LogP contribution >= 0.6 is 0 Å². The number of benzene rings is 9. The fourth-order valence-corrected chi connectivity index (χ4v) is 7.75. The Kier molecular flexibility index (Phi) is 4.71. The third-order valence-corrected chi connectivity index (χ3v) is 9.78. The molecule has 0 spiro atoms. The molecular weight excluding hydrogens is 532 g/mol. The van der Waals surface area contributed by atoms with Crippen LogP contribution in [-0.4, -0.2) is 0 Å². The third-order valence-electron chi connectivity index (χ3n) is 9.78. The molecule has 0 saturated heterocycles. The van der Waals surface area contributed by atoms with Crippen molar-refractivity contribution in [3.8, 4) is 44.9 Å². The molecule has 0 aromatic heterocycles. The van der Waals surface area contributed by atoms with Crippen LogP contribution < -0.4 is 4.74 Å². The van der Waals surface area contributed by atoms with E-state index in [0.29, 0.717) is 0 Å². The van der Waals surface area contributed by atoms with Gasteiger partial charge in [0.25, 0.3) is 0 Å². The molecular formula is C43H26O. The lowest BCUT2D eigenvalue weighted by atomic mass is 9.84. The molecule has 0 radical (unpaired) electrons. The maximum absolute atomic E-state index is 6.65. The lowest BCUT2D eigenvalue weighted by molar-refractivity contribution is 0.487. The number of aryl methyl sites for hydroxylation is 1. The van der Waals surface area contributed by atoms with Gasteiger partial charge < -0.3 is 4.74 Å². The number of fused-ring (bicyclic) bond motifs is 4. The molecule has 0 unspecified atom stereocenters. The highest BCUT2D eigenvalue weighted by atomic mass is 16.5. The molecule has 0 amide bonds. The van der Waals surface area contributed by atoms with Crippen molar-refractivity contribution in [2.24, 2.45) is 0 Å². The Balaban J connectivity index is 1.21. The van der Waals surface area contributed by atoms with Gasteiger partial charge in [0, 0.05) is 16.5 Å². The van der Waals surface area contributed by atoms with Crippen LogP contribution in [0.3, 0.4) is 0 Å². The summed E-state index contributed by atoms with van der Waals surface area (Å²) < 4.78 is 6.65. The zero-order chi connectivity index (χ0) is 28.9. The molecule has 0 saturated carbocycles. The van der Waals surface area contributed by atoms with Crippen molar-refractivity contribution in [3.63, 3.8) is 0 Å². The minimum atomic E-state index is 0.916. The van der Waals surface area contributed by atoms with E-state index in [1.165, 1.54) is 81.7 Å². The first-order chi connectivity index (χ1) is 21.7. The molecule has 1 heterocycles. The van der Waals surface area contributed by atoms with Crippen LogP contribution in [0.25, 0.3) is 87.2 Å². The molecule has 1 aliphatic heterocycles. The van der Waals surface area contributed by atoms with Crippen molar-refractivity contribution in [1.29, 1.82) is 0 Å². The minimum Gasteiger partial charge on any atom is -0.456 e. The first-order valence-electron chi connectivity index (χ1n) is 15.3. The van der Waals surface area contributed by atoms with E-state index < -0.39 is 0 Å². The van der Waals surface area contributed by atoms with Crippen molar-refractivity contribution in [3.05, 3.63) is 145 Å². The van der Waals surface area contributed by atoms with Crippen LogP contribution in [-0.2, 0) is 0 Å². The summed E-state index contributed by atoms with van der Waals surface area (Å²) in [5.74, 6) is 1.84. The van der Waals surface area contributed by atoms with Crippen LogP contribution in [0, 0.1) is 6.92 Å². The first kappa shape index (κ1) is 23.9. The Bertz CT molecular complexity index is 2610. The second kappa shape index (κ2) is 8.69. The topological polar surface area (TPSA) is 9.23 Å². The Morgan fingerprint density at radius 3 is 1.95 bits per heavy atom. The first-order valence-corrected chi connectivity index (χ1v) is 15.3. The Hall–Kier alpha value is -5.66. The summed E-state index contributed by atoms with van der Waals surface area (Å²) in [4.78, 5) is 0. The Labute approximate surface area is 254 Å². The number of hydrogen-bond acceptors (Lipinski definition) is 1. The van der Waals surface area contributed by atoms with Crippen molar-refractivity contribution in [2.45, 2.75) is 6.92 Å². The monoisotopic (exact) mass is 558 g/mol. The summed E-state index contributed by atoms with van der Waals surface area (Å²) in [7, 11) is 0. The average Bonchev–Trinajstić information content (AvgIpc) is 3.08. The Morgan fingerprint density at radius 1 is 0.386 bits per heavy atom. The second-order valence-electron chi connectivity index (χ2n) is 12.1. The largest absolute Gasteiger partial charge is 0.456 e. The maximum Gasteiger partial charge on any atom is 0.135 e. The van der Waals surface area contributed by atoms with Gasteiger partial charge >= 0.3 is 0 Å². The molecule has 1 heteroatoms. The summed E-state index contributed by atoms with van der Waals surface area (Å²) in [6.45, 7) is 2.27. The van der Waals surface area contributed by atoms with E-state index in [-0.39, 0.29) is 0 Å². The predicted molar refractivity (Wildman–Crippen MR) is 186 cm³/mol. The normalized spacial score (nSPS) is 12.4. The zero-order valence-corrected chi connectivity index (χ0v) is 24.2. The smallest absolute Gasteiger partial charge is 0.135 e. The van der Waals surface area contributed by atoms with Crippen LogP contribution in [0.5, 0.6) is 11.5 Å². The SMILES string of the molecule is Cc1c2c3c(cccc3c3cc(-c4ccc5ccc6cccc7ccc4c5c67)ccc13)Oc1cc(-c3ccccc3)ccc1-2. The molecule has 0 atom stereocenters. The van der Waals surface area contributed by atoms with Crippen molar-refractivity contribution in [1.82, 2.24) is 0 Å². The predicted octanol–water partition coefficient (Wildman–Crippen LogP) is 12.3. The lowest BCUT2D eigenvalue weighted by Gasteiger charge is -2.25. The van der Waals surface area contributed by atoms with E-state index in [1.54, 1.807) is 0 Å². The molecule has 204 valence electrons. The molecule has 0 bridgehead atoms. The van der Waals surface area contributed by atoms with Gasteiger partial charge in [-0.1, -0.05) is 115 Å². The number of rotatable bonds is 2.